The molecule has 1 saturated heterocycles. The highest BCUT2D eigenvalue weighted by Gasteiger charge is 2.15. The van der Waals surface area contributed by atoms with Crippen LogP contribution in [0, 0.1) is 0 Å². The highest BCUT2D eigenvalue weighted by Crippen LogP contribution is 2.08. The van der Waals surface area contributed by atoms with Crippen molar-refractivity contribution < 1.29 is 14.7 Å². The Labute approximate surface area is 116 Å². The minimum absolute atomic E-state index is 0.0300. The van der Waals surface area contributed by atoms with Crippen molar-refractivity contribution in [2.45, 2.75) is 0 Å². The number of amides is 2. The number of nitrogens with zero attached hydrogens (tertiary/aromatic N) is 3. The van der Waals surface area contributed by atoms with Gasteiger partial charge in [0.1, 0.15) is 0 Å². The smallest absolute Gasteiger partial charge is 0.337 e. The van der Waals surface area contributed by atoms with Crippen LogP contribution in [0.15, 0.2) is 18.5 Å². The van der Waals surface area contributed by atoms with Gasteiger partial charge in [0.25, 0.3) is 0 Å². The number of urea groups is 1. The maximum atomic E-state index is 11.8. The van der Waals surface area contributed by atoms with Crippen molar-refractivity contribution in [3.05, 3.63) is 24.0 Å². The second kappa shape index (κ2) is 6.31. The normalized spacial score (nSPS) is 16.6. The number of carbonyl (C=O) groups excluding carboxylic acids is 1. The Kier molecular flexibility index (Phi) is 4.49. The second-order valence-corrected chi connectivity index (χ2v) is 4.62. The number of carboxylic acids is 1. The predicted octanol–water partition coefficient (Wildman–Crippen LogP) is 0.0637. The molecule has 2 heterocycles. The lowest BCUT2D eigenvalue weighted by Crippen LogP contribution is -2.53. The molecule has 3 N–H and O–H groups in total. The summed E-state index contributed by atoms with van der Waals surface area (Å²) in [5, 5.41) is 13.2. The Morgan fingerprint density at radius 1 is 1.25 bits per heavy atom. The Morgan fingerprint density at radius 2 is 1.95 bits per heavy atom. The molecule has 20 heavy (non-hydrogen) atoms. The van der Waals surface area contributed by atoms with E-state index in [9.17, 15) is 9.59 Å². The number of hydrazine groups is 1. The summed E-state index contributed by atoms with van der Waals surface area (Å²) in [7, 11) is 2.03. The fraction of sp³-hybridized carbons (Fsp3) is 0.417. The monoisotopic (exact) mass is 279 g/mol. The molecule has 2 amide bonds. The van der Waals surface area contributed by atoms with Gasteiger partial charge >= 0.3 is 12.0 Å². The average Bonchev–Trinajstić information content (AvgIpc) is 2.41. The van der Waals surface area contributed by atoms with Crippen LogP contribution in [0.1, 0.15) is 10.4 Å². The van der Waals surface area contributed by atoms with Gasteiger partial charge in [0, 0.05) is 32.4 Å². The van der Waals surface area contributed by atoms with Gasteiger partial charge < -0.3 is 15.3 Å². The van der Waals surface area contributed by atoms with Gasteiger partial charge in [0.15, 0.2) is 0 Å². The van der Waals surface area contributed by atoms with Gasteiger partial charge in [-0.15, -0.1) is 0 Å². The summed E-state index contributed by atoms with van der Waals surface area (Å²) in [6.07, 6.45) is 2.63. The molecular formula is C12H17N5O3. The van der Waals surface area contributed by atoms with Crippen molar-refractivity contribution in [2.75, 3.05) is 38.5 Å². The van der Waals surface area contributed by atoms with E-state index in [1.807, 2.05) is 12.1 Å². The molecule has 8 nitrogen and oxygen atoms in total. The van der Waals surface area contributed by atoms with E-state index in [0.29, 0.717) is 5.69 Å². The molecule has 8 heteroatoms. The van der Waals surface area contributed by atoms with E-state index >= 15 is 0 Å². The second-order valence-electron chi connectivity index (χ2n) is 4.62. The van der Waals surface area contributed by atoms with Crippen molar-refractivity contribution in [3.63, 3.8) is 0 Å². The number of hydrogen-bond acceptors (Lipinski definition) is 5. The van der Waals surface area contributed by atoms with Crippen LogP contribution in [0.25, 0.3) is 0 Å². The summed E-state index contributed by atoms with van der Waals surface area (Å²) in [4.78, 5) is 28.5. The molecular weight excluding hydrogens is 262 g/mol. The third kappa shape index (κ3) is 3.90. The summed E-state index contributed by atoms with van der Waals surface area (Å²) in [6, 6.07) is 0.956. The van der Waals surface area contributed by atoms with Gasteiger partial charge in [-0.1, -0.05) is 0 Å². The molecule has 0 bridgehead atoms. The van der Waals surface area contributed by atoms with Crippen LogP contribution in [0.5, 0.6) is 0 Å². The Hall–Kier alpha value is -2.19. The number of carbonyl (C=O) groups is 2. The Balaban J connectivity index is 1.88. The maximum Gasteiger partial charge on any atom is 0.337 e. The molecule has 108 valence electrons. The number of carboxylic acid groups (broad SMARTS) is 1. The summed E-state index contributed by atoms with van der Waals surface area (Å²) < 4.78 is 0. The van der Waals surface area contributed by atoms with Gasteiger partial charge in [-0.25, -0.2) is 14.6 Å². The van der Waals surface area contributed by atoms with Crippen LogP contribution in [-0.4, -0.2) is 65.2 Å². The van der Waals surface area contributed by atoms with Gasteiger partial charge in [-0.3, -0.25) is 10.4 Å². The highest BCUT2D eigenvalue weighted by molar-refractivity contribution is 5.92. The van der Waals surface area contributed by atoms with E-state index < -0.39 is 12.0 Å². The number of likely N-dealkylation sites (N-methyl/N-ethyl adjacent to an activating group) is 1. The summed E-state index contributed by atoms with van der Waals surface area (Å²) in [5.74, 6) is -1.08. The molecule has 2 rings (SSSR count). The lowest BCUT2D eigenvalue weighted by atomic mass is 10.3. The summed E-state index contributed by atoms with van der Waals surface area (Å²) >= 11 is 0. The third-order valence-corrected chi connectivity index (χ3v) is 3.01. The molecule has 1 aliphatic heterocycles. The average molecular weight is 279 g/mol. The van der Waals surface area contributed by atoms with E-state index in [4.69, 9.17) is 5.11 Å². The number of anilines is 1. The van der Waals surface area contributed by atoms with Crippen LogP contribution in [0.2, 0.25) is 0 Å². The van der Waals surface area contributed by atoms with Crippen molar-refractivity contribution in [1.29, 1.82) is 0 Å². The molecule has 0 spiro atoms. The standard InChI is InChI=1S/C12H17N5O3/c1-16-2-4-17(5-3-16)15-12(20)14-10-6-9(11(18)19)7-13-8-10/h6-8H,2-5H2,1H3,(H,18,19)(H2,14,15,20). The molecule has 0 saturated carbocycles. The number of hydrogen-bond donors (Lipinski definition) is 3. The predicted molar refractivity (Wildman–Crippen MR) is 72.4 cm³/mol. The van der Waals surface area contributed by atoms with Crippen LogP contribution >= 0.6 is 0 Å². The number of nitrogens with one attached hydrogen (secondary N) is 2. The zero-order chi connectivity index (χ0) is 14.5. The molecule has 0 aromatic carbocycles. The largest absolute Gasteiger partial charge is 0.478 e. The first kappa shape index (κ1) is 14.2. The number of rotatable bonds is 3. The van der Waals surface area contributed by atoms with Crippen molar-refractivity contribution in [3.8, 4) is 0 Å². The first-order valence-electron chi connectivity index (χ1n) is 6.24. The van der Waals surface area contributed by atoms with E-state index in [-0.39, 0.29) is 5.56 Å². The zero-order valence-corrected chi connectivity index (χ0v) is 11.2. The Bertz CT molecular complexity index is 500. The number of aromatic nitrogens is 1. The summed E-state index contributed by atoms with van der Waals surface area (Å²) in [5.41, 5.74) is 3.09. The van der Waals surface area contributed by atoms with Crippen molar-refractivity contribution >= 4 is 17.7 Å². The number of aromatic carboxylic acids is 1. The molecule has 1 aromatic rings. The van der Waals surface area contributed by atoms with E-state index in [1.165, 1.54) is 18.5 Å². The molecule has 0 aliphatic carbocycles. The van der Waals surface area contributed by atoms with Crippen LogP contribution in [0.3, 0.4) is 0 Å². The van der Waals surface area contributed by atoms with E-state index in [0.717, 1.165) is 26.2 Å². The first-order valence-corrected chi connectivity index (χ1v) is 6.24. The lowest BCUT2D eigenvalue weighted by molar-refractivity contribution is 0.0696. The fourth-order valence-corrected chi connectivity index (χ4v) is 1.85. The molecule has 0 unspecified atom stereocenters. The SMILES string of the molecule is CN1CCN(NC(=O)Nc2cncc(C(=O)O)c2)CC1. The number of piperazine rings is 1. The topological polar surface area (TPSA) is 97.8 Å². The first-order chi connectivity index (χ1) is 9.54. The third-order valence-electron chi connectivity index (χ3n) is 3.01. The van der Waals surface area contributed by atoms with Gasteiger partial charge in [-0.05, 0) is 13.1 Å². The number of pyridine rings is 1. The molecule has 1 aliphatic rings. The maximum absolute atomic E-state index is 11.8. The van der Waals surface area contributed by atoms with Crippen LogP contribution in [-0.2, 0) is 0 Å². The van der Waals surface area contributed by atoms with Gasteiger partial charge in [0.2, 0.25) is 0 Å². The lowest BCUT2D eigenvalue weighted by Gasteiger charge is -2.32. The minimum Gasteiger partial charge on any atom is -0.478 e. The Morgan fingerprint density at radius 3 is 2.60 bits per heavy atom. The highest BCUT2D eigenvalue weighted by atomic mass is 16.4. The summed E-state index contributed by atoms with van der Waals surface area (Å²) in [6.45, 7) is 3.27. The van der Waals surface area contributed by atoms with Gasteiger partial charge in [-0.2, -0.15) is 0 Å². The quantitative estimate of drug-likeness (QED) is 0.724. The van der Waals surface area contributed by atoms with Crippen LogP contribution < -0.4 is 10.7 Å². The zero-order valence-electron chi connectivity index (χ0n) is 11.2. The molecule has 0 atom stereocenters. The van der Waals surface area contributed by atoms with E-state index in [1.54, 1.807) is 0 Å². The molecule has 0 radical (unpaired) electrons. The van der Waals surface area contributed by atoms with E-state index in [2.05, 4.69) is 20.6 Å². The van der Waals surface area contributed by atoms with Gasteiger partial charge in [0.05, 0.1) is 17.4 Å². The molecule has 1 fully saturated rings. The van der Waals surface area contributed by atoms with Crippen molar-refractivity contribution in [2.24, 2.45) is 0 Å². The fourth-order valence-electron chi connectivity index (χ4n) is 1.85. The van der Waals surface area contributed by atoms with Crippen molar-refractivity contribution in [1.82, 2.24) is 20.3 Å². The van der Waals surface area contributed by atoms with Crippen LogP contribution in [0.4, 0.5) is 10.5 Å². The minimum atomic E-state index is -1.08. The molecule has 1 aromatic heterocycles.